The van der Waals surface area contributed by atoms with Crippen molar-refractivity contribution < 1.29 is 19.1 Å². The predicted molar refractivity (Wildman–Crippen MR) is 95.2 cm³/mol. The lowest BCUT2D eigenvalue weighted by Gasteiger charge is -2.30. The van der Waals surface area contributed by atoms with E-state index >= 15 is 0 Å². The summed E-state index contributed by atoms with van der Waals surface area (Å²) in [5.41, 5.74) is 0.424. The Hall–Kier alpha value is -2.24. The molecule has 0 bridgehead atoms. The summed E-state index contributed by atoms with van der Waals surface area (Å²) in [5, 5.41) is 0. The van der Waals surface area contributed by atoms with Crippen molar-refractivity contribution in [3.63, 3.8) is 0 Å². The quantitative estimate of drug-likeness (QED) is 0.833. The second-order valence-corrected chi connectivity index (χ2v) is 7.20. The van der Waals surface area contributed by atoms with Gasteiger partial charge < -0.3 is 19.3 Å². The van der Waals surface area contributed by atoms with Gasteiger partial charge in [0.1, 0.15) is 12.2 Å². The molecule has 0 aromatic heterocycles. The van der Waals surface area contributed by atoms with Gasteiger partial charge in [0.25, 0.3) is 0 Å². The predicted octanol–water partition coefficient (Wildman–Crippen LogP) is 3.65. The zero-order valence-corrected chi connectivity index (χ0v) is 15.5. The number of benzene rings is 1. The summed E-state index contributed by atoms with van der Waals surface area (Å²) in [4.78, 5) is 27.9. The molecule has 0 spiro atoms. The molecule has 0 saturated carbocycles. The fourth-order valence-corrected chi connectivity index (χ4v) is 2.83. The minimum Gasteiger partial charge on any atom is -0.445 e. The number of carbonyl (C=O) groups is 2. The molecule has 1 aromatic rings. The molecule has 25 heavy (non-hydrogen) atoms. The third-order valence-electron chi connectivity index (χ3n) is 4.04. The van der Waals surface area contributed by atoms with Crippen LogP contribution in [0.3, 0.4) is 0 Å². The van der Waals surface area contributed by atoms with E-state index in [4.69, 9.17) is 9.47 Å². The molecule has 1 aliphatic heterocycles. The summed E-state index contributed by atoms with van der Waals surface area (Å²) in [5.74, 6) is 0. The summed E-state index contributed by atoms with van der Waals surface area (Å²) in [6.45, 7) is 9.32. The lowest BCUT2D eigenvalue weighted by molar-refractivity contribution is 0.0177. The van der Waals surface area contributed by atoms with Crippen LogP contribution in [-0.4, -0.2) is 53.3 Å². The maximum atomic E-state index is 12.3. The van der Waals surface area contributed by atoms with E-state index in [1.807, 2.05) is 58.0 Å². The lowest BCUT2D eigenvalue weighted by Crippen LogP contribution is -2.45. The Morgan fingerprint density at radius 2 is 1.92 bits per heavy atom. The van der Waals surface area contributed by atoms with Gasteiger partial charge in [-0.1, -0.05) is 30.3 Å². The molecule has 1 unspecified atom stereocenters. The molecule has 6 nitrogen and oxygen atoms in total. The Bertz CT molecular complexity index is 583. The first-order valence-electron chi connectivity index (χ1n) is 8.75. The van der Waals surface area contributed by atoms with Gasteiger partial charge in [0.05, 0.1) is 6.04 Å². The first kappa shape index (κ1) is 19.1. The van der Waals surface area contributed by atoms with Gasteiger partial charge in [-0.3, -0.25) is 0 Å². The highest BCUT2D eigenvalue weighted by Crippen LogP contribution is 2.20. The van der Waals surface area contributed by atoms with Crippen LogP contribution in [-0.2, 0) is 16.1 Å². The Labute approximate surface area is 149 Å². The minimum atomic E-state index is -0.530. The first-order valence-corrected chi connectivity index (χ1v) is 8.75. The van der Waals surface area contributed by atoms with Gasteiger partial charge in [-0.2, -0.15) is 0 Å². The van der Waals surface area contributed by atoms with Crippen LogP contribution in [0, 0.1) is 0 Å². The van der Waals surface area contributed by atoms with Crippen LogP contribution in [0.25, 0.3) is 0 Å². The number of likely N-dealkylation sites (tertiary alicyclic amines) is 1. The van der Waals surface area contributed by atoms with Gasteiger partial charge in [0.2, 0.25) is 0 Å². The highest BCUT2D eigenvalue weighted by molar-refractivity contribution is 5.70. The second kappa shape index (κ2) is 8.23. The third-order valence-corrected chi connectivity index (χ3v) is 4.04. The summed E-state index contributed by atoms with van der Waals surface area (Å²) >= 11 is 0. The van der Waals surface area contributed by atoms with Gasteiger partial charge in [-0.15, -0.1) is 0 Å². The molecular formula is C19H28N2O4. The number of hydrogen-bond acceptors (Lipinski definition) is 4. The fraction of sp³-hybridized carbons (Fsp3) is 0.579. The monoisotopic (exact) mass is 348 g/mol. The normalized spacial score (nSPS) is 17.3. The van der Waals surface area contributed by atoms with Gasteiger partial charge in [0.15, 0.2) is 0 Å². The van der Waals surface area contributed by atoms with Crippen LogP contribution in [0.4, 0.5) is 9.59 Å². The number of likely N-dealkylation sites (N-methyl/N-ethyl adjacent to an activating group) is 1. The number of ether oxygens (including phenoxy) is 2. The van der Waals surface area contributed by atoms with Crippen LogP contribution in [0.1, 0.15) is 39.7 Å². The van der Waals surface area contributed by atoms with E-state index in [0.717, 1.165) is 12.0 Å². The molecular weight excluding hydrogens is 320 g/mol. The molecule has 1 saturated heterocycles. The molecule has 1 fully saturated rings. The molecule has 1 heterocycles. The highest BCUT2D eigenvalue weighted by atomic mass is 16.6. The van der Waals surface area contributed by atoms with Crippen LogP contribution in [0.2, 0.25) is 0 Å². The summed E-state index contributed by atoms with van der Waals surface area (Å²) in [7, 11) is 0. The molecule has 0 radical (unpaired) electrons. The largest absolute Gasteiger partial charge is 0.445 e. The van der Waals surface area contributed by atoms with E-state index in [-0.39, 0.29) is 24.8 Å². The van der Waals surface area contributed by atoms with Crippen molar-refractivity contribution in [3.8, 4) is 0 Å². The maximum Gasteiger partial charge on any atom is 0.410 e. The van der Waals surface area contributed by atoms with E-state index in [1.54, 1.807) is 9.80 Å². The first-order chi connectivity index (χ1) is 11.8. The van der Waals surface area contributed by atoms with E-state index in [9.17, 15) is 9.59 Å². The highest BCUT2D eigenvalue weighted by Gasteiger charge is 2.34. The van der Waals surface area contributed by atoms with Gasteiger partial charge in [0, 0.05) is 19.6 Å². The zero-order chi connectivity index (χ0) is 18.4. The third kappa shape index (κ3) is 5.66. The van der Waals surface area contributed by atoms with Crippen molar-refractivity contribution in [2.45, 2.75) is 52.4 Å². The Balaban J connectivity index is 1.86. The van der Waals surface area contributed by atoms with Gasteiger partial charge in [-0.25, -0.2) is 9.59 Å². The van der Waals surface area contributed by atoms with Gasteiger partial charge >= 0.3 is 12.2 Å². The van der Waals surface area contributed by atoms with Crippen LogP contribution < -0.4 is 0 Å². The SMILES string of the molecule is CCN(C(=O)OC(C)(C)C)C1CCN(C(=O)OCc2ccccc2)C1. The average molecular weight is 348 g/mol. The molecule has 2 amide bonds. The molecule has 0 N–H and O–H groups in total. The number of rotatable bonds is 4. The Morgan fingerprint density at radius 3 is 2.52 bits per heavy atom. The van der Waals surface area contributed by atoms with Crippen molar-refractivity contribution in [2.24, 2.45) is 0 Å². The summed E-state index contributed by atoms with van der Waals surface area (Å²) in [6.07, 6.45) is 0.0548. The molecule has 1 aromatic carbocycles. The minimum absolute atomic E-state index is 0.0378. The zero-order valence-electron chi connectivity index (χ0n) is 15.5. The average Bonchev–Trinajstić information content (AvgIpc) is 3.02. The van der Waals surface area contributed by atoms with E-state index < -0.39 is 5.60 Å². The summed E-state index contributed by atoms with van der Waals surface area (Å²) < 4.78 is 10.8. The Kier molecular flexibility index (Phi) is 6.28. The van der Waals surface area contributed by atoms with Gasteiger partial charge in [-0.05, 0) is 39.7 Å². The number of hydrogen-bond donors (Lipinski definition) is 0. The maximum absolute atomic E-state index is 12.3. The topological polar surface area (TPSA) is 59.1 Å². The standard InChI is InChI=1S/C19H28N2O4/c1-5-21(18(23)25-19(2,3)4)16-11-12-20(13-16)17(22)24-14-15-9-7-6-8-10-15/h6-10,16H,5,11-14H2,1-4H3. The Morgan fingerprint density at radius 1 is 1.24 bits per heavy atom. The van der Waals surface area contributed by atoms with Crippen molar-refractivity contribution >= 4 is 12.2 Å². The number of carbonyl (C=O) groups excluding carboxylic acids is 2. The van der Waals surface area contributed by atoms with Crippen molar-refractivity contribution in [1.82, 2.24) is 9.80 Å². The van der Waals surface area contributed by atoms with E-state index in [1.165, 1.54) is 0 Å². The van der Waals surface area contributed by atoms with E-state index in [0.29, 0.717) is 19.6 Å². The van der Waals surface area contributed by atoms with Crippen LogP contribution in [0.15, 0.2) is 30.3 Å². The van der Waals surface area contributed by atoms with Crippen molar-refractivity contribution in [3.05, 3.63) is 35.9 Å². The van der Waals surface area contributed by atoms with Crippen molar-refractivity contribution in [1.29, 1.82) is 0 Å². The van der Waals surface area contributed by atoms with E-state index in [2.05, 4.69) is 0 Å². The lowest BCUT2D eigenvalue weighted by atomic mass is 10.2. The molecule has 1 atom stereocenters. The molecule has 2 rings (SSSR count). The number of nitrogens with zero attached hydrogens (tertiary/aromatic N) is 2. The molecule has 138 valence electrons. The number of amides is 2. The van der Waals surface area contributed by atoms with Crippen LogP contribution in [0.5, 0.6) is 0 Å². The molecule has 0 aliphatic carbocycles. The van der Waals surface area contributed by atoms with Crippen molar-refractivity contribution in [2.75, 3.05) is 19.6 Å². The molecule has 1 aliphatic rings. The second-order valence-electron chi connectivity index (χ2n) is 7.20. The van der Waals surface area contributed by atoms with Crippen LogP contribution >= 0.6 is 0 Å². The summed E-state index contributed by atoms with van der Waals surface area (Å²) in [6, 6.07) is 9.54. The fourth-order valence-electron chi connectivity index (χ4n) is 2.83. The smallest absolute Gasteiger partial charge is 0.410 e. The molecule has 6 heteroatoms.